The number of hydrogen-bond acceptors (Lipinski definition) is 5. The molecule has 1 aliphatic rings. The van der Waals surface area contributed by atoms with Crippen LogP contribution in [0.3, 0.4) is 0 Å². The molecule has 0 aromatic heterocycles. The fourth-order valence-corrected chi connectivity index (χ4v) is 5.35. The van der Waals surface area contributed by atoms with Crippen LogP contribution in [0, 0.1) is 17.2 Å². The molecule has 2 atom stereocenters. The lowest BCUT2D eigenvalue weighted by atomic mass is 9.72. The van der Waals surface area contributed by atoms with Gasteiger partial charge < -0.3 is 31.1 Å². The Hall–Kier alpha value is -3.17. The minimum absolute atomic E-state index is 0.198. The van der Waals surface area contributed by atoms with Crippen LogP contribution in [0.15, 0.2) is 42.5 Å². The van der Waals surface area contributed by atoms with Gasteiger partial charge in [0.25, 0.3) is 0 Å². The maximum atomic E-state index is 15.6. The quantitative estimate of drug-likeness (QED) is 0.297. The number of amides is 3. The third-order valence-corrected chi connectivity index (χ3v) is 7.95. The van der Waals surface area contributed by atoms with E-state index in [2.05, 4.69) is 15.4 Å². The zero-order valence-electron chi connectivity index (χ0n) is 24.3. The normalized spacial score (nSPS) is 17.2. The molecular weight excluding hydrogens is 511 g/mol. The van der Waals surface area contributed by atoms with Gasteiger partial charge in [0.15, 0.2) is 0 Å². The van der Waals surface area contributed by atoms with E-state index in [1.165, 1.54) is 13.2 Å². The van der Waals surface area contributed by atoms with Gasteiger partial charge in [0.1, 0.15) is 5.82 Å². The van der Waals surface area contributed by atoms with Crippen LogP contribution in [0.2, 0.25) is 0 Å². The number of rotatable bonds is 11. The SMILES string of the molecule is CCc1cccc(-c2c(F)cccc2C(O)(CCCNC(=O)OC)C2CCCN(C(=O)NCC(C)(C)CN)C2)c1. The zero-order valence-corrected chi connectivity index (χ0v) is 24.3. The Bertz CT molecular complexity index is 1160. The summed E-state index contributed by atoms with van der Waals surface area (Å²) < 4.78 is 20.3. The van der Waals surface area contributed by atoms with Gasteiger partial charge in [0.2, 0.25) is 0 Å². The molecule has 0 spiro atoms. The molecule has 40 heavy (non-hydrogen) atoms. The lowest BCUT2D eigenvalue weighted by Gasteiger charge is -2.43. The number of ether oxygens (including phenoxy) is 1. The predicted molar refractivity (Wildman–Crippen MR) is 155 cm³/mol. The van der Waals surface area contributed by atoms with Crippen molar-refractivity contribution in [2.75, 3.05) is 39.8 Å². The van der Waals surface area contributed by atoms with Gasteiger partial charge in [-0.15, -0.1) is 0 Å². The van der Waals surface area contributed by atoms with E-state index >= 15 is 4.39 Å². The first-order valence-electron chi connectivity index (χ1n) is 14.2. The molecule has 1 heterocycles. The third-order valence-electron chi connectivity index (χ3n) is 7.95. The first-order valence-corrected chi connectivity index (χ1v) is 14.2. The summed E-state index contributed by atoms with van der Waals surface area (Å²) in [7, 11) is 1.30. The van der Waals surface area contributed by atoms with E-state index < -0.39 is 17.5 Å². The van der Waals surface area contributed by atoms with Crippen molar-refractivity contribution in [2.45, 2.75) is 58.5 Å². The first-order chi connectivity index (χ1) is 19.0. The number of carbonyl (C=O) groups excluding carboxylic acids is 2. The number of nitrogens with one attached hydrogen (secondary N) is 2. The number of methoxy groups -OCH3 is 1. The van der Waals surface area contributed by atoms with Gasteiger partial charge in [-0.05, 0) is 66.8 Å². The topological polar surface area (TPSA) is 117 Å². The number of nitrogens with zero attached hydrogens (tertiary/aromatic N) is 1. The molecule has 2 unspecified atom stereocenters. The predicted octanol–water partition coefficient (Wildman–Crippen LogP) is 4.79. The summed E-state index contributed by atoms with van der Waals surface area (Å²) in [6.45, 7) is 8.09. The van der Waals surface area contributed by atoms with Crippen molar-refractivity contribution in [1.29, 1.82) is 0 Å². The van der Waals surface area contributed by atoms with Crippen molar-refractivity contribution in [2.24, 2.45) is 17.1 Å². The van der Waals surface area contributed by atoms with Gasteiger partial charge in [-0.3, -0.25) is 0 Å². The van der Waals surface area contributed by atoms with Crippen molar-refractivity contribution < 1.29 is 23.8 Å². The zero-order chi connectivity index (χ0) is 29.3. The highest BCUT2D eigenvalue weighted by atomic mass is 19.1. The highest BCUT2D eigenvalue weighted by molar-refractivity contribution is 5.74. The highest BCUT2D eigenvalue weighted by Crippen LogP contribution is 2.44. The van der Waals surface area contributed by atoms with Gasteiger partial charge in [0.05, 0.1) is 12.7 Å². The van der Waals surface area contributed by atoms with Crippen molar-refractivity contribution in [3.05, 3.63) is 59.4 Å². The lowest BCUT2D eigenvalue weighted by molar-refractivity contribution is -0.0549. The molecule has 0 aliphatic carbocycles. The van der Waals surface area contributed by atoms with Gasteiger partial charge >= 0.3 is 12.1 Å². The van der Waals surface area contributed by atoms with Crippen LogP contribution in [-0.4, -0.2) is 62.0 Å². The van der Waals surface area contributed by atoms with Gasteiger partial charge in [-0.25, -0.2) is 14.0 Å². The number of halogens is 1. The Morgan fingerprint density at radius 3 is 2.65 bits per heavy atom. The number of nitrogens with two attached hydrogens (primary N) is 1. The second-order valence-electron chi connectivity index (χ2n) is 11.5. The Labute approximate surface area is 237 Å². The van der Waals surface area contributed by atoms with Crippen LogP contribution in [0.1, 0.15) is 57.6 Å². The van der Waals surface area contributed by atoms with Crippen LogP contribution < -0.4 is 16.4 Å². The number of urea groups is 1. The highest BCUT2D eigenvalue weighted by Gasteiger charge is 2.43. The second-order valence-corrected chi connectivity index (χ2v) is 11.5. The van der Waals surface area contributed by atoms with Gasteiger partial charge in [-0.1, -0.05) is 57.2 Å². The van der Waals surface area contributed by atoms with E-state index in [1.54, 1.807) is 17.0 Å². The van der Waals surface area contributed by atoms with E-state index in [0.29, 0.717) is 62.1 Å². The summed E-state index contributed by atoms with van der Waals surface area (Å²) >= 11 is 0. The number of alkyl carbamates (subject to hydrolysis) is 1. The monoisotopic (exact) mass is 556 g/mol. The van der Waals surface area contributed by atoms with Crippen molar-refractivity contribution >= 4 is 12.1 Å². The fraction of sp³-hybridized carbons (Fsp3) is 0.548. The molecule has 2 aromatic rings. The molecular formula is C31H45FN4O4. The van der Waals surface area contributed by atoms with Crippen LogP contribution in [-0.2, 0) is 16.8 Å². The summed E-state index contributed by atoms with van der Waals surface area (Å²) in [5.41, 5.74) is 6.78. The summed E-state index contributed by atoms with van der Waals surface area (Å²) in [6, 6.07) is 12.3. The smallest absolute Gasteiger partial charge is 0.406 e. The van der Waals surface area contributed by atoms with E-state index in [-0.39, 0.29) is 30.3 Å². The van der Waals surface area contributed by atoms with Crippen molar-refractivity contribution in [3.63, 3.8) is 0 Å². The number of aliphatic hydroxyl groups is 1. The first kappa shape index (κ1) is 31.4. The molecule has 3 amide bonds. The molecule has 5 N–H and O–H groups in total. The number of aryl methyl sites for hydroxylation is 1. The number of carbonyl (C=O) groups is 2. The molecule has 1 fully saturated rings. The molecule has 0 bridgehead atoms. The third kappa shape index (κ3) is 7.73. The van der Waals surface area contributed by atoms with E-state index in [9.17, 15) is 14.7 Å². The minimum atomic E-state index is -1.45. The van der Waals surface area contributed by atoms with Crippen LogP contribution in [0.4, 0.5) is 14.0 Å². The number of benzene rings is 2. The summed E-state index contributed by atoms with van der Waals surface area (Å²) in [5.74, 6) is -0.756. The largest absolute Gasteiger partial charge is 0.453 e. The minimum Gasteiger partial charge on any atom is -0.453 e. The Balaban J connectivity index is 1.97. The average Bonchev–Trinajstić information content (AvgIpc) is 2.97. The summed E-state index contributed by atoms with van der Waals surface area (Å²) in [5, 5.41) is 18.2. The average molecular weight is 557 g/mol. The van der Waals surface area contributed by atoms with E-state index in [1.807, 2.05) is 45.0 Å². The molecule has 3 rings (SSSR count). The van der Waals surface area contributed by atoms with Crippen LogP contribution in [0.5, 0.6) is 0 Å². The lowest BCUT2D eigenvalue weighted by Crippen LogP contribution is -2.52. The molecule has 1 aliphatic heterocycles. The van der Waals surface area contributed by atoms with E-state index in [0.717, 1.165) is 12.0 Å². The Kier molecular flexibility index (Phi) is 10.9. The molecule has 8 nitrogen and oxygen atoms in total. The Morgan fingerprint density at radius 2 is 1.95 bits per heavy atom. The number of piperidine rings is 1. The summed E-state index contributed by atoms with van der Waals surface area (Å²) in [6.07, 6.45) is 2.33. The Morgan fingerprint density at radius 1 is 1.20 bits per heavy atom. The standard InChI is InChI=1S/C31H45FN4O4/c1-5-22-10-6-11-23(18-22)27-25(13-7-14-26(27)32)31(39,15-9-16-34-29(38)40-4)24-12-8-17-36(19-24)28(37)35-21-30(2,3)20-33/h6-7,10-11,13-14,18,24,39H,5,8-9,12,15-17,19-21,33H2,1-4H3,(H,34,38)(H,35,37). The molecule has 220 valence electrons. The molecule has 9 heteroatoms. The van der Waals surface area contributed by atoms with Gasteiger partial charge in [0, 0.05) is 37.7 Å². The fourth-order valence-electron chi connectivity index (χ4n) is 5.35. The summed E-state index contributed by atoms with van der Waals surface area (Å²) in [4.78, 5) is 26.5. The van der Waals surface area contributed by atoms with Crippen LogP contribution in [0.25, 0.3) is 11.1 Å². The molecule has 2 aromatic carbocycles. The number of hydrogen-bond donors (Lipinski definition) is 4. The second kappa shape index (κ2) is 13.9. The van der Waals surface area contributed by atoms with E-state index in [4.69, 9.17) is 5.73 Å². The molecule has 0 saturated carbocycles. The van der Waals surface area contributed by atoms with Crippen LogP contribution >= 0.6 is 0 Å². The molecule has 1 saturated heterocycles. The number of likely N-dealkylation sites (tertiary alicyclic amines) is 1. The maximum Gasteiger partial charge on any atom is 0.406 e. The maximum absolute atomic E-state index is 15.6. The van der Waals surface area contributed by atoms with Crippen molar-refractivity contribution in [1.82, 2.24) is 15.5 Å². The van der Waals surface area contributed by atoms with Gasteiger partial charge in [-0.2, -0.15) is 0 Å². The van der Waals surface area contributed by atoms with Crippen molar-refractivity contribution in [3.8, 4) is 11.1 Å². The molecule has 0 radical (unpaired) electrons.